The summed E-state index contributed by atoms with van der Waals surface area (Å²) >= 11 is 5.19. The highest BCUT2D eigenvalue weighted by atomic mass is 35.5. The van der Waals surface area contributed by atoms with Crippen LogP contribution in [0.2, 0.25) is 0 Å². The van der Waals surface area contributed by atoms with E-state index < -0.39 is 5.43 Å². The molecule has 0 fully saturated rings. The molecule has 0 aromatic heterocycles. The van der Waals surface area contributed by atoms with Crippen LogP contribution in [0.4, 0.5) is 4.79 Å². The Balaban J connectivity index is 2.35. The lowest BCUT2D eigenvalue weighted by atomic mass is 9.91. The first kappa shape index (κ1) is 9.53. The number of hydrogen-bond donors (Lipinski definition) is 0. The second-order valence-corrected chi connectivity index (χ2v) is 3.75. The number of hydrogen-bond acceptors (Lipinski definition) is 2. The van der Waals surface area contributed by atoms with E-state index in [-0.39, 0.29) is 0 Å². The van der Waals surface area contributed by atoms with Crippen molar-refractivity contribution >= 4 is 17.0 Å². The number of carbonyl (C=O) groups excluding carboxylic acids is 1. The van der Waals surface area contributed by atoms with Gasteiger partial charge in [-0.3, -0.25) is 0 Å². The van der Waals surface area contributed by atoms with Crippen LogP contribution < -0.4 is 4.74 Å². The molecule has 1 aliphatic carbocycles. The van der Waals surface area contributed by atoms with Gasteiger partial charge in [0.15, 0.2) is 0 Å². The summed E-state index contributed by atoms with van der Waals surface area (Å²) < 4.78 is 4.94. The number of rotatable bonds is 1. The third-order valence-electron chi connectivity index (χ3n) is 2.54. The molecule has 0 saturated heterocycles. The highest BCUT2D eigenvalue weighted by Gasteiger charge is 2.14. The third kappa shape index (κ3) is 1.90. The Morgan fingerprint density at radius 1 is 1.29 bits per heavy atom. The van der Waals surface area contributed by atoms with Crippen molar-refractivity contribution in [3.63, 3.8) is 0 Å². The first-order valence-corrected chi connectivity index (χ1v) is 5.13. The summed E-state index contributed by atoms with van der Waals surface area (Å²) in [5.74, 6) is 0.627. The van der Waals surface area contributed by atoms with Crippen molar-refractivity contribution in [1.82, 2.24) is 0 Å². The van der Waals surface area contributed by atoms with E-state index >= 15 is 0 Å². The van der Waals surface area contributed by atoms with Crippen molar-refractivity contribution in [1.29, 1.82) is 0 Å². The topological polar surface area (TPSA) is 26.3 Å². The number of halogens is 1. The summed E-state index contributed by atoms with van der Waals surface area (Å²) in [6.07, 6.45) is 4.42. The van der Waals surface area contributed by atoms with Crippen LogP contribution in [0.1, 0.15) is 24.0 Å². The zero-order valence-corrected chi connectivity index (χ0v) is 8.51. The molecule has 0 radical (unpaired) electrons. The number of aryl methyl sites for hydroxylation is 1. The molecule has 74 valence electrons. The minimum atomic E-state index is -0.760. The Kier molecular flexibility index (Phi) is 2.73. The number of carbonyl (C=O) groups is 1. The Labute approximate surface area is 87.8 Å². The fourth-order valence-corrected chi connectivity index (χ4v) is 2.01. The number of benzene rings is 1. The molecule has 0 N–H and O–H groups in total. The molecule has 1 aliphatic rings. The zero-order chi connectivity index (χ0) is 9.97. The first-order valence-electron chi connectivity index (χ1n) is 4.75. The number of fused-ring (bicyclic) bond motifs is 1. The van der Waals surface area contributed by atoms with Gasteiger partial charge in [-0.2, -0.15) is 0 Å². The van der Waals surface area contributed by atoms with E-state index in [4.69, 9.17) is 16.3 Å². The van der Waals surface area contributed by atoms with Crippen molar-refractivity contribution in [3.8, 4) is 5.75 Å². The highest BCUT2D eigenvalue weighted by molar-refractivity contribution is 6.61. The van der Waals surface area contributed by atoms with Gasteiger partial charge in [-0.05, 0) is 42.9 Å². The molecular formula is C11H11ClO2. The largest absolute Gasteiger partial charge is 0.414 e. The molecule has 0 bridgehead atoms. The monoisotopic (exact) mass is 210 g/mol. The van der Waals surface area contributed by atoms with Gasteiger partial charge < -0.3 is 4.74 Å². The summed E-state index contributed by atoms with van der Waals surface area (Å²) in [6.45, 7) is 0. The van der Waals surface area contributed by atoms with Gasteiger partial charge in [0.2, 0.25) is 0 Å². The van der Waals surface area contributed by atoms with Crippen molar-refractivity contribution in [3.05, 3.63) is 29.3 Å². The highest BCUT2D eigenvalue weighted by Crippen LogP contribution is 2.29. The van der Waals surface area contributed by atoms with Crippen LogP contribution in [0.25, 0.3) is 0 Å². The van der Waals surface area contributed by atoms with Crippen LogP contribution in [0, 0.1) is 0 Å². The molecular weight excluding hydrogens is 200 g/mol. The lowest BCUT2D eigenvalue weighted by Gasteiger charge is -2.17. The predicted octanol–water partition coefficient (Wildman–Crippen LogP) is 3.30. The van der Waals surface area contributed by atoms with Crippen molar-refractivity contribution in [2.24, 2.45) is 0 Å². The van der Waals surface area contributed by atoms with Crippen LogP contribution in [0.15, 0.2) is 18.2 Å². The van der Waals surface area contributed by atoms with E-state index in [0.717, 1.165) is 24.8 Å². The van der Waals surface area contributed by atoms with Crippen LogP contribution in [0.3, 0.4) is 0 Å². The van der Waals surface area contributed by atoms with Gasteiger partial charge in [0.25, 0.3) is 0 Å². The van der Waals surface area contributed by atoms with E-state index in [1.165, 1.54) is 12.0 Å². The molecule has 0 saturated carbocycles. The maximum Gasteiger partial charge on any atom is 0.409 e. The van der Waals surface area contributed by atoms with E-state index in [0.29, 0.717) is 5.75 Å². The van der Waals surface area contributed by atoms with E-state index in [1.807, 2.05) is 6.07 Å². The Bertz CT molecular complexity index is 360. The average Bonchev–Trinajstić information content (AvgIpc) is 2.18. The minimum Gasteiger partial charge on any atom is -0.414 e. The molecule has 0 aliphatic heterocycles. The van der Waals surface area contributed by atoms with Gasteiger partial charge in [0.05, 0.1) is 0 Å². The Hall–Kier alpha value is -1.02. The standard InChI is InChI=1S/C11H11ClO2/c12-11(13)14-10-7-3-5-8-4-1-2-6-9(8)10/h3,5,7H,1-2,4,6H2. The third-order valence-corrected chi connectivity index (χ3v) is 2.62. The normalized spacial score (nSPS) is 14.6. The first-order chi connectivity index (χ1) is 6.77. The molecule has 0 amide bonds. The SMILES string of the molecule is O=C(Cl)Oc1cccc2c1CCCC2. The van der Waals surface area contributed by atoms with Gasteiger partial charge in [-0.25, -0.2) is 4.79 Å². The number of ether oxygens (including phenoxy) is 1. The van der Waals surface area contributed by atoms with Crippen LogP contribution in [-0.4, -0.2) is 5.43 Å². The molecule has 0 spiro atoms. The molecule has 1 aromatic carbocycles. The molecule has 3 heteroatoms. The van der Waals surface area contributed by atoms with Gasteiger partial charge >= 0.3 is 5.43 Å². The maximum atomic E-state index is 10.6. The quantitative estimate of drug-likeness (QED) is 0.665. The fourth-order valence-electron chi connectivity index (χ4n) is 1.93. The maximum absolute atomic E-state index is 10.6. The molecule has 1 aromatic rings. The van der Waals surface area contributed by atoms with Crippen molar-refractivity contribution < 1.29 is 9.53 Å². The summed E-state index contributed by atoms with van der Waals surface area (Å²) in [5, 5.41) is 0. The minimum absolute atomic E-state index is 0.627. The van der Waals surface area contributed by atoms with Crippen molar-refractivity contribution in [2.75, 3.05) is 0 Å². The second-order valence-electron chi connectivity index (χ2n) is 3.44. The zero-order valence-electron chi connectivity index (χ0n) is 7.75. The van der Waals surface area contributed by atoms with Crippen LogP contribution in [0.5, 0.6) is 5.75 Å². The smallest absolute Gasteiger partial charge is 0.409 e. The molecule has 0 atom stereocenters. The fraction of sp³-hybridized carbons (Fsp3) is 0.364. The van der Waals surface area contributed by atoms with Crippen LogP contribution >= 0.6 is 11.6 Å². The Morgan fingerprint density at radius 3 is 2.86 bits per heavy atom. The molecule has 2 rings (SSSR count). The lowest BCUT2D eigenvalue weighted by molar-refractivity contribution is 0.225. The van der Waals surface area contributed by atoms with Crippen molar-refractivity contribution in [2.45, 2.75) is 25.7 Å². The molecule has 14 heavy (non-hydrogen) atoms. The molecule has 0 unspecified atom stereocenters. The van der Waals surface area contributed by atoms with Gasteiger partial charge in [-0.1, -0.05) is 12.1 Å². The van der Waals surface area contributed by atoms with Gasteiger partial charge in [-0.15, -0.1) is 0 Å². The summed E-state index contributed by atoms with van der Waals surface area (Å²) in [7, 11) is 0. The summed E-state index contributed by atoms with van der Waals surface area (Å²) in [6, 6.07) is 5.78. The second kappa shape index (κ2) is 4.01. The van der Waals surface area contributed by atoms with E-state index in [9.17, 15) is 4.79 Å². The lowest BCUT2D eigenvalue weighted by Crippen LogP contribution is -2.07. The van der Waals surface area contributed by atoms with E-state index in [1.54, 1.807) is 6.07 Å². The molecule has 2 nitrogen and oxygen atoms in total. The van der Waals surface area contributed by atoms with Crippen LogP contribution in [-0.2, 0) is 12.8 Å². The average molecular weight is 211 g/mol. The summed E-state index contributed by atoms with van der Waals surface area (Å²) in [4.78, 5) is 10.6. The Morgan fingerprint density at radius 2 is 2.07 bits per heavy atom. The molecule has 0 heterocycles. The summed E-state index contributed by atoms with van der Waals surface area (Å²) in [5.41, 5.74) is 1.67. The van der Waals surface area contributed by atoms with E-state index in [2.05, 4.69) is 6.07 Å². The van der Waals surface area contributed by atoms with Gasteiger partial charge in [0, 0.05) is 11.6 Å². The van der Waals surface area contributed by atoms with Gasteiger partial charge in [0.1, 0.15) is 5.75 Å². The predicted molar refractivity (Wildman–Crippen MR) is 55.0 cm³/mol.